The largest absolute Gasteiger partial charge is 0.313 e. The molecule has 0 unspecified atom stereocenters. The summed E-state index contributed by atoms with van der Waals surface area (Å²) >= 11 is 0. The molecule has 2 saturated carbocycles. The van der Waals surface area contributed by atoms with Crippen LogP contribution in [0.1, 0.15) is 55.2 Å². The van der Waals surface area contributed by atoms with Gasteiger partial charge in [-0.05, 0) is 45.1 Å². The molecule has 1 aromatic rings. The molecule has 0 heterocycles. The monoisotopic (exact) mass is 243 g/mol. The zero-order chi connectivity index (χ0) is 12.6. The van der Waals surface area contributed by atoms with Gasteiger partial charge in [-0.2, -0.15) is 0 Å². The van der Waals surface area contributed by atoms with Crippen molar-refractivity contribution in [3.05, 3.63) is 34.9 Å². The highest BCUT2D eigenvalue weighted by atomic mass is 15.0. The Hall–Kier alpha value is -0.820. The molecular formula is C17H25N. The molecule has 3 rings (SSSR count). The Morgan fingerprint density at radius 1 is 1.06 bits per heavy atom. The van der Waals surface area contributed by atoms with Crippen LogP contribution in [0.15, 0.2) is 18.2 Å². The second-order valence-corrected chi connectivity index (χ2v) is 6.52. The first-order chi connectivity index (χ1) is 8.68. The first kappa shape index (κ1) is 12.2. The van der Waals surface area contributed by atoms with Gasteiger partial charge in [0.15, 0.2) is 0 Å². The molecular weight excluding hydrogens is 218 g/mol. The van der Waals surface area contributed by atoms with Gasteiger partial charge in [0.25, 0.3) is 0 Å². The molecule has 0 spiro atoms. The Balaban J connectivity index is 1.86. The van der Waals surface area contributed by atoms with Gasteiger partial charge >= 0.3 is 0 Å². The van der Waals surface area contributed by atoms with Crippen LogP contribution < -0.4 is 5.32 Å². The van der Waals surface area contributed by atoms with Crippen LogP contribution in [0.4, 0.5) is 0 Å². The molecule has 1 heteroatoms. The van der Waals surface area contributed by atoms with E-state index in [4.69, 9.17) is 0 Å². The van der Waals surface area contributed by atoms with E-state index < -0.39 is 0 Å². The molecule has 1 nitrogen and oxygen atoms in total. The summed E-state index contributed by atoms with van der Waals surface area (Å²) < 4.78 is 0. The third-order valence-electron chi connectivity index (χ3n) is 4.70. The van der Waals surface area contributed by atoms with E-state index in [-0.39, 0.29) is 0 Å². The van der Waals surface area contributed by atoms with E-state index in [9.17, 15) is 0 Å². The lowest BCUT2D eigenvalue weighted by atomic mass is 9.77. The molecule has 0 amide bonds. The van der Waals surface area contributed by atoms with Crippen molar-refractivity contribution in [1.29, 1.82) is 0 Å². The van der Waals surface area contributed by atoms with Crippen LogP contribution in [-0.4, -0.2) is 12.6 Å². The quantitative estimate of drug-likeness (QED) is 0.846. The maximum Gasteiger partial charge on any atom is 0.00780 e. The Morgan fingerprint density at radius 3 is 2.22 bits per heavy atom. The molecule has 0 saturated heterocycles. The summed E-state index contributed by atoms with van der Waals surface area (Å²) in [6, 6.07) is 7.97. The highest BCUT2D eigenvalue weighted by molar-refractivity contribution is 5.35. The third kappa shape index (κ3) is 2.47. The fourth-order valence-electron chi connectivity index (χ4n) is 3.53. The van der Waals surface area contributed by atoms with E-state index in [1.165, 1.54) is 56.2 Å². The molecule has 2 fully saturated rings. The summed E-state index contributed by atoms with van der Waals surface area (Å²) in [5.41, 5.74) is 4.86. The lowest BCUT2D eigenvalue weighted by Crippen LogP contribution is -2.37. The summed E-state index contributed by atoms with van der Waals surface area (Å²) in [6.07, 6.45) is 8.33. The molecule has 1 aromatic carbocycles. The molecule has 2 aliphatic rings. The number of hydrogen-bond acceptors (Lipinski definition) is 1. The zero-order valence-corrected chi connectivity index (χ0v) is 11.8. The number of aryl methyl sites for hydroxylation is 2. The molecule has 0 aromatic heterocycles. The summed E-state index contributed by atoms with van der Waals surface area (Å²) in [7, 11) is 0. The zero-order valence-electron chi connectivity index (χ0n) is 11.8. The van der Waals surface area contributed by atoms with Gasteiger partial charge < -0.3 is 5.32 Å². The second kappa shape index (κ2) is 4.70. The first-order valence-electron chi connectivity index (χ1n) is 7.50. The van der Waals surface area contributed by atoms with Crippen molar-refractivity contribution in [2.75, 3.05) is 6.54 Å². The van der Waals surface area contributed by atoms with Crippen LogP contribution in [-0.2, 0) is 5.41 Å². The fraction of sp³-hybridized carbons (Fsp3) is 0.647. The average molecular weight is 243 g/mol. The van der Waals surface area contributed by atoms with Gasteiger partial charge in [0.05, 0.1) is 0 Å². The number of benzene rings is 1. The van der Waals surface area contributed by atoms with Crippen LogP contribution in [0.5, 0.6) is 0 Å². The smallest absolute Gasteiger partial charge is 0.00780 e. The minimum atomic E-state index is 0.430. The van der Waals surface area contributed by atoms with Crippen LogP contribution in [0.25, 0.3) is 0 Å². The molecule has 18 heavy (non-hydrogen) atoms. The first-order valence-corrected chi connectivity index (χ1v) is 7.50. The minimum Gasteiger partial charge on any atom is -0.313 e. The summed E-state index contributed by atoms with van der Waals surface area (Å²) in [4.78, 5) is 0. The van der Waals surface area contributed by atoms with Gasteiger partial charge in [0.1, 0.15) is 0 Å². The number of hydrogen-bond donors (Lipinski definition) is 1. The fourth-order valence-corrected chi connectivity index (χ4v) is 3.53. The Labute approximate surface area is 111 Å². The van der Waals surface area contributed by atoms with Crippen molar-refractivity contribution >= 4 is 0 Å². The van der Waals surface area contributed by atoms with Gasteiger partial charge in [0, 0.05) is 18.0 Å². The highest BCUT2D eigenvalue weighted by Gasteiger charge is 2.37. The average Bonchev–Trinajstić information content (AvgIpc) is 3.03. The van der Waals surface area contributed by atoms with Gasteiger partial charge in [-0.3, -0.25) is 0 Å². The van der Waals surface area contributed by atoms with E-state index in [1.807, 2.05) is 0 Å². The predicted molar refractivity (Wildman–Crippen MR) is 77.1 cm³/mol. The molecule has 0 aliphatic heterocycles. The van der Waals surface area contributed by atoms with Crippen LogP contribution >= 0.6 is 0 Å². The summed E-state index contributed by atoms with van der Waals surface area (Å²) in [5, 5.41) is 3.78. The summed E-state index contributed by atoms with van der Waals surface area (Å²) in [5.74, 6) is 0. The molecule has 2 aliphatic carbocycles. The predicted octanol–water partition coefficient (Wildman–Crippen LogP) is 3.87. The van der Waals surface area contributed by atoms with Crippen LogP contribution in [0.3, 0.4) is 0 Å². The van der Waals surface area contributed by atoms with Gasteiger partial charge in [-0.15, -0.1) is 0 Å². The van der Waals surface area contributed by atoms with Crippen molar-refractivity contribution in [1.82, 2.24) is 5.32 Å². The van der Waals surface area contributed by atoms with Crippen molar-refractivity contribution in [3.63, 3.8) is 0 Å². The minimum absolute atomic E-state index is 0.430. The van der Waals surface area contributed by atoms with E-state index in [1.54, 1.807) is 5.56 Å². The van der Waals surface area contributed by atoms with E-state index >= 15 is 0 Å². The molecule has 0 atom stereocenters. The lowest BCUT2D eigenvalue weighted by molar-refractivity contribution is 0.403. The number of nitrogens with one attached hydrogen (secondary N) is 1. The normalized spacial score (nSPS) is 22.3. The molecule has 0 bridgehead atoms. The molecule has 1 N–H and O–H groups in total. The lowest BCUT2D eigenvalue weighted by Gasteiger charge is -2.31. The van der Waals surface area contributed by atoms with Crippen LogP contribution in [0.2, 0.25) is 0 Å². The van der Waals surface area contributed by atoms with E-state index in [0.717, 1.165) is 6.04 Å². The maximum atomic E-state index is 3.78. The van der Waals surface area contributed by atoms with Crippen molar-refractivity contribution in [3.8, 4) is 0 Å². The van der Waals surface area contributed by atoms with Crippen molar-refractivity contribution in [2.24, 2.45) is 0 Å². The van der Waals surface area contributed by atoms with Gasteiger partial charge in [0.2, 0.25) is 0 Å². The Morgan fingerprint density at radius 2 is 1.67 bits per heavy atom. The molecule has 0 radical (unpaired) electrons. The topological polar surface area (TPSA) is 12.0 Å². The third-order valence-corrected chi connectivity index (χ3v) is 4.70. The Kier molecular flexibility index (Phi) is 3.19. The maximum absolute atomic E-state index is 3.78. The Bertz CT molecular complexity index is 405. The van der Waals surface area contributed by atoms with Crippen molar-refractivity contribution in [2.45, 2.75) is 63.8 Å². The van der Waals surface area contributed by atoms with Gasteiger partial charge in [-0.1, -0.05) is 42.2 Å². The van der Waals surface area contributed by atoms with E-state index in [2.05, 4.69) is 37.4 Å². The van der Waals surface area contributed by atoms with E-state index in [0.29, 0.717) is 5.41 Å². The SMILES string of the molecule is Cc1cc(C)cc(C2(CNC3CC3)CCCC2)c1. The summed E-state index contributed by atoms with van der Waals surface area (Å²) in [6.45, 7) is 5.65. The second-order valence-electron chi connectivity index (χ2n) is 6.52. The highest BCUT2D eigenvalue weighted by Crippen LogP contribution is 2.41. The molecule has 98 valence electrons. The van der Waals surface area contributed by atoms with Gasteiger partial charge in [-0.25, -0.2) is 0 Å². The van der Waals surface area contributed by atoms with Crippen LogP contribution in [0, 0.1) is 13.8 Å². The van der Waals surface area contributed by atoms with Crippen molar-refractivity contribution < 1.29 is 0 Å². The number of rotatable bonds is 4. The standard InChI is InChI=1S/C17H25N/c1-13-9-14(2)11-15(10-13)17(7-3-4-8-17)12-18-16-5-6-16/h9-11,16,18H,3-8,12H2,1-2H3.